The summed E-state index contributed by atoms with van der Waals surface area (Å²) < 4.78 is 1.96. The van der Waals surface area contributed by atoms with Crippen molar-refractivity contribution in [2.24, 2.45) is 0 Å². The van der Waals surface area contributed by atoms with Crippen LogP contribution in [0.5, 0.6) is 0 Å². The molecule has 2 rings (SSSR count). The molecule has 1 heterocycles. The summed E-state index contributed by atoms with van der Waals surface area (Å²) in [6.45, 7) is 0. The minimum Gasteiger partial charge on any atom is -0.381 e. The van der Waals surface area contributed by atoms with Gasteiger partial charge in [0.2, 0.25) is 0 Å². The maximum Gasteiger partial charge on any atom is 0.160 e. The Labute approximate surface area is 109 Å². The highest BCUT2D eigenvalue weighted by Crippen LogP contribution is 2.23. The maximum atomic E-state index is 5.57. The molecule has 0 fully saturated rings. The van der Waals surface area contributed by atoms with Gasteiger partial charge in [-0.05, 0) is 56.7 Å². The second-order valence-electron chi connectivity index (χ2n) is 2.97. The number of halogens is 2. The molecule has 0 bridgehead atoms. The molecule has 0 atom stereocenters. The lowest BCUT2D eigenvalue weighted by Crippen LogP contribution is -1.95. The van der Waals surface area contributed by atoms with Gasteiger partial charge in [0, 0.05) is 9.13 Å². The molecule has 0 saturated carbocycles. The Hall–Kier alpha value is -0.690. The Morgan fingerprint density at radius 3 is 2.40 bits per heavy atom. The summed E-state index contributed by atoms with van der Waals surface area (Å²) in [7, 11) is 0. The fourth-order valence-electron chi connectivity index (χ4n) is 1.14. The van der Waals surface area contributed by atoms with Crippen molar-refractivity contribution in [3.05, 3.63) is 38.4 Å². The smallest absolute Gasteiger partial charge is 0.160 e. The van der Waals surface area contributed by atoms with Crippen LogP contribution < -0.4 is 5.73 Å². The number of aromatic nitrogens is 2. The highest BCUT2D eigenvalue weighted by molar-refractivity contribution is 14.1. The average Bonchev–Trinajstić information content (AvgIpc) is 2.23. The Kier molecular flexibility index (Phi) is 3.20. The molecular formula is C10H7BrIN3. The molecule has 0 amide bonds. The van der Waals surface area contributed by atoms with Crippen LogP contribution in [0.3, 0.4) is 0 Å². The van der Waals surface area contributed by atoms with E-state index < -0.39 is 0 Å². The van der Waals surface area contributed by atoms with Gasteiger partial charge >= 0.3 is 0 Å². The van der Waals surface area contributed by atoms with Gasteiger partial charge in [0.25, 0.3) is 0 Å². The van der Waals surface area contributed by atoms with E-state index in [4.69, 9.17) is 5.73 Å². The third-order valence-corrected chi connectivity index (χ3v) is 3.27. The van der Waals surface area contributed by atoms with E-state index in [1.165, 1.54) is 3.57 Å². The van der Waals surface area contributed by atoms with Gasteiger partial charge in [-0.2, -0.15) is 0 Å². The van der Waals surface area contributed by atoms with Gasteiger partial charge < -0.3 is 5.73 Å². The van der Waals surface area contributed by atoms with E-state index >= 15 is 0 Å². The Morgan fingerprint density at radius 2 is 1.80 bits per heavy atom. The van der Waals surface area contributed by atoms with Gasteiger partial charge in [0.05, 0.1) is 10.2 Å². The average molecular weight is 376 g/mol. The van der Waals surface area contributed by atoms with Crippen LogP contribution in [0.1, 0.15) is 0 Å². The predicted octanol–water partition coefficient (Wildman–Crippen LogP) is 3.09. The summed E-state index contributed by atoms with van der Waals surface area (Å²) in [6, 6.07) is 9.94. The minimum absolute atomic E-state index is 0.407. The number of nitrogens with zero attached hydrogens (tertiary/aromatic N) is 2. The lowest BCUT2D eigenvalue weighted by molar-refractivity contribution is 1.04. The first kappa shape index (κ1) is 10.8. The minimum atomic E-state index is 0.407. The molecule has 3 nitrogen and oxygen atoms in total. The zero-order chi connectivity index (χ0) is 10.8. The molecule has 0 radical (unpaired) electrons. The van der Waals surface area contributed by atoms with E-state index in [-0.39, 0.29) is 0 Å². The van der Waals surface area contributed by atoms with Gasteiger partial charge in [-0.3, -0.25) is 0 Å². The topological polar surface area (TPSA) is 51.8 Å². The molecule has 0 spiro atoms. The number of nitrogens with two attached hydrogens (primary N) is 1. The molecular weight excluding hydrogens is 369 g/mol. The van der Waals surface area contributed by atoms with Gasteiger partial charge in [0.15, 0.2) is 5.82 Å². The number of rotatable bonds is 1. The van der Waals surface area contributed by atoms with Crippen LogP contribution in [0, 0.1) is 3.57 Å². The molecule has 2 N–H and O–H groups in total. The SMILES string of the molecule is Nc1nnc(-c2ccc(I)cc2)cc1Br. The van der Waals surface area contributed by atoms with E-state index in [2.05, 4.69) is 48.7 Å². The third-order valence-electron chi connectivity index (χ3n) is 1.91. The van der Waals surface area contributed by atoms with E-state index in [1.54, 1.807) is 0 Å². The summed E-state index contributed by atoms with van der Waals surface area (Å²) in [6.07, 6.45) is 0. The van der Waals surface area contributed by atoms with E-state index in [0.717, 1.165) is 15.7 Å². The first-order valence-electron chi connectivity index (χ1n) is 4.21. The van der Waals surface area contributed by atoms with Crippen molar-refractivity contribution < 1.29 is 0 Å². The fourth-order valence-corrected chi connectivity index (χ4v) is 1.80. The molecule has 0 aliphatic carbocycles. The van der Waals surface area contributed by atoms with E-state index in [0.29, 0.717) is 5.82 Å². The zero-order valence-electron chi connectivity index (χ0n) is 7.61. The summed E-state index contributed by atoms with van der Waals surface area (Å²) >= 11 is 5.59. The molecule has 0 aliphatic heterocycles. The quantitative estimate of drug-likeness (QED) is 0.779. The van der Waals surface area contributed by atoms with Crippen LogP contribution in [-0.2, 0) is 0 Å². The standard InChI is InChI=1S/C10H7BrIN3/c11-8-5-9(14-15-10(8)13)6-1-3-7(12)4-2-6/h1-5H,(H2,13,15). The summed E-state index contributed by atoms with van der Waals surface area (Å²) in [5, 5.41) is 7.89. The van der Waals surface area contributed by atoms with Crippen LogP contribution in [0.2, 0.25) is 0 Å². The van der Waals surface area contributed by atoms with Crippen LogP contribution in [0.4, 0.5) is 5.82 Å². The Morgan fingerprint density at radius 1 is 1.13 bits per heavy atom. The summed E-state index contributed by atoms with van der Waals surface area (Å²) in [5.41, 5.74) is 7.41. The number of nitrogen functional groups attached to an aromatic ring is 1. The van der Waals surface area contributed by atoms with Crippen molar-refractivity contribution in [2.45, 2.75) is 0 Å². The van der Waals surface area contributed by atoms with Crippen molar-refractivity contribution >= 4 is 44.3 Å². The van der Waals surface area contributed by atoms with Crippen molar-refractivity contribution in [3.8, 4) is 11.3 Å². The van der Waals surface area contributed by atoms with Crippen LogP contribution in [0.25, 0.3) is 11.3 Å². The van der Waals surface area contributed by atoms with Crippen molar-refractivity contribution in [2.75, 3.05) is 5.73 Å². The number of anilines is 1. The van der Waals surface area contributed by atoms with Crippen LogP contribution >= 0.6 is 38.5 Å². The highest BCUT2D eigenvalue weighted by atomic mass is 127. The predicted molar refractivity (Wildman–Crippen MR) is 72.3 cm³/mol. The Bertz CT molecular complexity index is 485. The van der Waals surface area contributed by atoms with Gasteiger partial charge in [-0.15, -0.1) is 10.2 Å². The van der Waals surface area contributed by atoms with Crippen LogP contribution in [0.15, 0.2) is 34.8 Å². The second kappa shape index (κ2) is 4.44. The normalized spacial score (nSPS) is 10.3. The van der Waals surface area contributed by atoms with Gasteiger partial charge in [-0.25, -0.2) is 0 Å². The van der Waals surface area contributed by atoms with Crippen molar-refractivity contribution in [1.29, 1.82) is 0 Å². The largest absolute Gasteiger partial charge is 0.381 e. The summed E-state index contributed by atoms with van der Waals surface area (Å²) in [5.74, 6) is 0.407. The Balaban J connectivity index is 2.45. The highest BCUT2D eigenvalue weighted by Gasteiger charge is 2.03. The zero-order valence-corrected chi connectivity index (χ0v) is 11.4. The third kappa shape index (κ3) is 2.46. The first-order valence-corrected chi connectivity index (χ1v) is 6.08. The molecule has 5 heteroatoms. The number of hydrogen-bond acceptors (Lipinski definition) is 3. The molecule has 0 unspecified atom stereocenters. The molecule has 76 valence electrons. The van der Waals surface area contributed by atoms with Crippen molar-refractivity contribution in [3.63, 3.8) is 0 Å². The van der Waals surface area contributed by atoms with E-state index in [1.807, 2.05) is 30.3 Å². The van der Waals surface area contributed by atoms with Crippen molar-refractivity contribution in [1.82, 2.24) is 10.2 Å². The molecule has 15 heavy (non-hydrogen) atoms. The molecule has 1 aromatic heterocycles. The number of benzene rings is 1. The molecule has 2 aromatic rings. The first-order chi connectivity index (χ1) is 7.16. The maximum absolute atomic E-state index is 5.57. The van der Waals surface area contributed by atoms with Gasteiger partial charge in [-0.1, -0.05) is 12.1 Å². The molecule has 0 aliphatic rings. The second-order valence-corrected chi connectivity index (χ2v) is 5.07. The van der Waals surface area contributed by atoms with Gasteiger partial charge in [0.1, 0.15) is 0 Å². The fraction of sp³-hybridized carbons (Fsp3) is 0. The molecule has 0 saturated heterocycles. The van der Waals surface area contributed by atoms with Crippen LogP contribution in [-0.4, -0.2) is 10.2 Å². The lowest BCUT2D eigenvalue weighted by Gasteiger charge is -2.02. The number of hydrogen-bond donors (Lipinski definition) is 1. The monoisotopic (exact) mass is 375 g/mol. The van der Waals surface area contributed by atoms with E-state index in [9.17, 15) is 0 Å². The lowest BCUT2D eigenvalue weighted by atomic mass is 10.1. The molecule has 1 aromatic carbocycles. The summed E-state index contributed by atoms with van der Waals surface area (Å²) in [4.78, 5) is 0.